The van der Waals surface area contributed by atoms with Crippen molar-refractivity contribution in [1.29, 1.82) is 0 Å². The molecule has 2 rings (SSSR count). The van der Waals surface area contributed by atoms with Gasteiger partial charge >= 0.3 is 0 Å². The summed E-state index contributed by atoms with van der Waals surface area (Å²) < 4.78 is 0. The third kappa shape index (κ3) is 4.28. The summed E-state index contributed by atoms with van der Waals surface area (Å²) in [5, 5.41) is 5.62. The van der Waals surface area contributed by atoms with Gasteiger partial charge in [0, 0.05) is 25.0 Å². The van der Waals surface area contributed by atoms with Crippen molar-refractivity contribution >= 4 is 11.3 Å². The molecule has 1 aromatic rings. The molecule has 1 fully saturated rings. The number of rotatable bonds is 7. The van der Waals surface area contributed by atoms with Gasteiger partial charge in [-0.25, -0.2) is 4.98 Å². The molecule has 0 aromatic carbocycles. The van der Waals surface area contributed by atoms with E-state index in [9.17, 15) is 0 Å². The van der Waals surface area contributed by atoms with Crippen molar-refractivity contribution in [2.24, 2.45) is 5.92 Å². The van der Waals surface area contributed by atoms with Crippen molar-refractivity contribution in [3.63, 3.8) is 0 Å². The Balaban J connectivity index is 1.53. The van der Waals surface area contributed by atoms with Crippen LogP contribution in [0, 0.1) is 5.92 Å². The van der Waals surface area contributed by atoms with Gasteiger partial charge in [0.05, 0.1) is 11.2 Å². The van der Waals surface area contributed by atoms with Crippen molar-refractivity contribution in [1.82, 2.24) is 15.2 Å². The van der Waals surface area contributed by atoms with E-state index in [0.29, 0.717) is 0 Å². The zero-order chi connectivity index (χ0) is 10.5. The summed E-state index contributed by atoms with van der Waals surface area (Å²) in [5.41, 5.74) is 3.08. The van der Waals surface area contributed by atoms with E-state index in [4.69, 9.17) is 0 Å². The molecular formula is C11H19N3S. The zero-order valence-corrected chi connectivity index (χ0v) is 10.1. The lowest BCUT2D eigenvalue weighted by atomic mass is 10.4. The van der Waals surface area contributed by atoms with Crippen LogP contribution in [-0.2, 0) is 6.54 Å². The minimum Gasteiger partial charge on any atom is -0.315 e. The average molecular weight is 225 g/mol. The molecule has 0 amide bonds. The molecule has 0 saturated heterocycles. The van der Waals surface area contributed by atoms with Crippen molar-refractivity contribution in [2.45, 2.75) is 19.4 Å². The van der Waals surface area contributed by atoms with E-state index in [2.05, 4.69) is 27.6 Å². The highest BCUT2D eigenvalue weighted by atomic mass is 32.1. The Morgan fingerprint density at radius 1 is 1.60 bits per heavy atom. The summed E-state index contributed by atoms with van der Waals surface area (Å²) in [6, 6.07) is 0. The molecule has 1 saturated carbocycles. The van der Waals surface area contributed by atoms with E-state index in [0.717, 1.165) is 25.6 Å². The molecule has 0 atom stereocenters. The van der Waals surface area contributed by atoms with Crippen LogP contribution in [0.25, 0.3) is 0 Å². The van der Waals surface area contributed by atoms with Gasteiger partial charge in [0.2, 0.25) is 0 Å². The van der Waals surface area contributed by atoms with Crippen LogP contribution in [0.15, 0.2) is 10.9 Å². The molecule has 4 heteroatoms. The predicted molar refractivity (Wildman–Crippen MR) is 64.0 cm³/mol. The molecule has 3 nitrogen and oxygen atoms in total. The van der Waals surface area contributed by atoms with Crippen LogP contribution in [0.4, 0.5) is 0 Å². The molecule has 0 radical (unpaired) electrons. The lowest BCUT2D eigenvalue weighted by Crippen LogP contribution is -2.30. The first-order valence-corrected chi connectivity index (χ1v) is 6.55. The summed E-state index contributed by atoms with van der Waals surface area (Å²) in [6.07, 6.45) is 2.86. The van der Waals surface area contributed by atoms with Crippen LogP contribution in [0.1, 0.15) is 18.5 Å². The highest BCUT2D eigenvalue weighted by molar-refractivity contribution is 7.07. The van der Waals surface area contributed by atoms with Gasteiger partial charge in [-0.2, -0.15) is 0 Å². The van der Waals surface area contributed by atoms with Crippen molar-refractivity contribution in [3.8, 4) is 0 Å². The van der Waals surface area contributed by atoms with Crippen LogP contribution in [0.2, 0.25) is 0 Å². The molecule has 1 aromatic heterocycles. The van der Waals surface area contributed by atoms with Gasteiger partial charge in [-0.1, -0.05) is 0 Å². The number of nitrogens with one attached hydrogen (secondary N) is 1. The maximum atomic E-state index is 4.28. The van der Waals surface area contributed by atoms with Gasteiger partial charge in [-0.3, -0.25) is 4.90 Å². The Hall–Kier alpha value is -0.450. The van der Waals surface area contributed by atoms with Crippen LogP contribution < -0.4 is 5.32 Å². The summed E-state index contributed by atoms with van der Waals surface area (Å²) in [7, 11) is 2.15. The fourth-order valence-corrected chi connectivity index (χ4v) is 2.12. The molecule has 15 heavy (non-hydrogen) atoms. The Morgan fingerprint density at radius 3 is 3.13 bits per heavy atom. The van der Waals surface area contributed by atoms with Gasteiger partial charge in [-0.15, -0.1) is 11.3 Å². The van der Waals surface area contributed by atoms with Gasteiger partial charge in [0.15, 0.2) is 0 Å². The number of hydrogen-bond donors (Lipinski definition) is 1. The minimum atomic E-state index is 0.967. The van der Waals surface area contributed by atoms with E-state index in [1.807, 2.05) is 5.51 Å². The smallest absolute Gasteiger partial charge is 0.0795 e. The summed E-state index contributed by atoms with van der Waals surface area (Å²) in [4.78, 5) is 6.59. The Kier molecular flexibility index (Phi) is 4.11. The number of nitrogens with zero attached hydrogens (tertiary/aromatic N) is 2. The first-order valence-electron chi connectivity index (χ1n) is 5.61. The third-order valence-corrected chi connectivity index (χ3v) is 3.35. The molecule has 0 aliphatic heterocycles. The van der Waals surface area contributed by atoms with Crippen LogP contribution in [0.3, 0.4) is 0 Å². The maximum absolute atomic E-state index is 4.28. The van der Waals surface area contributed by atoms with E-state index >= 15 is 0 Å². The van der Waals surface area contributed by atoms with E-state index in [-0.39, 0.29) is 0 Å². The van der Waals surface area contributed by atoms with Crippen molar-refractivity contribution < 1.29 is 0 Å². The Labute approximate surface area is 95.5 Å². The molecule has 84 valence electrons. The highest BCUT2D eigenvalue weighted by Gasteiger charge is 2.19. The van der Waals surface area contributed by atoms with Gasteiger partial charge in [0.25, 0.3) is 0 Å². The quantitative estimate of drug-likeness (QED) is 0.714. The molecule has 0 bridgehead atoms. The second-order valence-electron chi connectivity index (χ2n) is 4.37. The maximum Gasteiger partial charge on any atom is 0.0795 e. The van der Waals surface area contributed by atoms with Crippen LogP contribution in [-0.4, -0.2) is 36.6 Å². The van der Waals surface area contributed by atoms with Gasteiger partial charge in [0.1, 0.15) is 0 Å². The second kappa shape index (κ2) is 5.58. The van der Waals surface area contributed by atoms with E-state index in [1.165, 1.54) is 25.1 Å². The Bertz CT molecular complexity index is 269. The fourth-order valence-electron chi connectivity index (χ4n) is 1.57. The molecule has 1 aliphatic carbocycles. The second-order valence-corrected chi connectivity index (χ2v) is 5.08. The fraction of sp³-hybridized carbons (Fsp3) is 0.727. The van der Waals surface area contributed by atoms with E-state index < -0.39 is 0 Å². The van der Waals surface area contributed by atoms with Gasteiger partial charge in [-0.05, 0) is 32.4 Å². The summed E-state index contributed by atoms with van der Waals surface area (Å²) >= 11 is 1.67. The monoisotopic (exact) mass is 225 g/mol. The molecular weight excluding hydrogens is 206 g/mol. The van der Waals surface area contributed by atoms with E-state index in [1.54, 1.807) is 11.3 Å². The average Bonchev–Trinajstić information content (AvgIpc) is 2.91. The van der Waals surface area contributed by atoms with Gasteiger partial charge < -0.3 is 5.32 Å². The molecule has 1 N–H and O–H groups in total. The minimum absolute atomic E-state index is 0.967. The number of aromatic nitrogens is 1. The molecule has 0 unspecified atom stereocenters. The molecule has 1 heterocycles. The first-order chi connectivity index (χ1) is 7.34. The van der Waals surface area contributed by atoms with Crippen LogP contribution >= 0.6 is 11.3 Å². The third-order valence-electron chi connectivity index (χ3n) is 2.72. The topological polar surface area (TPSA) is 28.2 Å². The van der Waals surface area contributed by atoms with Crippen molar-refractivity contribution in [2.75, 3.05) is 26.7 Å². The number of likely N-dealkylation sites (N-methyl/N-ethyl adjacent to an activating group) is 1. The molecule has 0 spiro atoms. The largest absolute Gasteiger partial charge is 0.315 e. The predicted octanol–water partition coefficient (Wildman–Crippen LogP) is 1.57. The van der Waals surface area contributed by atoms with Crippen molar-refractivity contribution in [3.05, 3.63) is 16.6 Å². The Morgan fingerprint density at radius 2 is 2.47 bits per heavy atom. The number of thiazole rings is 1. The lowest BCUT2D eigenvalue weighted by Gasteiger charge is -2.15. The summed E-state index contributed by atoms with van der Waals surface area (Å²) in [6.45, 7) is 4.38. The van der Waals surface area contributed by atoms with Crippen LogP contribution in [0.5, 0.6) is 0 Å². The SMILES string of the molecule is CN(CCNCC1CC1)Cc1cscn1. The highest BCUT2D eigenvalue weighted by Crippen LogP contribution is 2.27. The standard InChI is InChI=1S/C11H19N3S/c1-14(7-11-8-15-9-13-11)5-4-12-6-10-2-3-10/h8-10,12H,2-7H2,1H3. The summed E-state index contributed by atoms with van der Waals surface area (Å²) in [5.74, 6) is 0.980. The first kappa shape index (κ1) is 11.0. The zero-order valence-electron chi connectivity index (χ0n) is 9.28. The lowest BCUT2D eigenvalue weighted by molar-refractivity contribution is 0.320. The number of hydrogen-bond acceptors (Lipinski definition) is 4. The molecule has 1 aliphatic rings. The normalized spacial score (nSPS) is 16.1.